The van der Waals surface area contributed by atoms with Crippen molar-refractivity contribution in [3.05, 3.63) is 87.8 Å². The summed E-state index contributed by atoms with van der Waals surface area (Å²) in [7, 11) is 0. The van der Waals surface area contributed by atoms with Crippen LogP contribution in [0.15, 0.2) is 64.6 Å². The van der Waals surface area contributed by atoms with Crippen molar-refractivity contribution in [1.82, 2.24) is 20.2 Å². The van der Waals surface area contributed by atoms with Gasteiger partial charge in [-0.25, -0.2) is 4.68 Å². The Morgan fingerprint density at radius 3 is 2.43 bits per heavy atom. The van der Waals surface area contributed by atoms with E-state index in [1.54, 1.807) is 17.6 Å². The maximum absolute atomic E-state index is 6.88. The molecule has 3 unspecified atom stereocenters. The van der Waals surface area contributed by atoms with Crippen molar-refractivity contribution in [2.45, 2.75) is 51.1 Å². The van der Waals surface area contributed by atoms with E-state index < -0.39 is 0 Å². The SMILES string of the molecule is Cc1ccc(C(c2nnnn2C(C)(C)C)C(c2ccco2)C(N)c2cccs2)cc1. The summed E-state index contributed by atoms with van der Waals surface area (Å²) in [6.45, 7) is 8.37. The number of benzene rings is 1. The van der Waals surface area contributed by atoms with Crippen molar-refractivity contribution in [3.63, 3.8) is 0 Å². The summed E-state index contributed by atoms with van der Waals surface area (Å²) >= 11 is 1.65. The Balaban J connectivity index is 1.93. The van der Waals surface area contributed by atoms with Crippen LogP contribution in [0.5, 0.6) is 0 Å². The highest BCUT2D eigenvalue weighted by Crippen LogP contribution is 2.45. The molecule has 0 aliphatic carbocycles. The molecular formula is C23H27N5OS. The summed E-state index contributed by atoms with van der Waals surface area (Å²) in [5.74, 6) is 1.25. The lowest BCUT2D eigenvalue weighted by Crippen LogP contribution is -2.31. The van der Waals surface area contributed by atoms with Crippen LogP contribution in [0.25, 0.3) is 0 Å². The number of rotatable bonds is 6. The van der Waals surface area contributed by atoms with Crippen molar-refractivity contribution in [1.29, 1.82) is 0 Å². The fourth-order valence-corrected chi connectivity index (χ4v) is 4.62. The first-order valence-electron chi connectivity index (χ1n) is 10.0. The number of nitrogens with two attached hydrogens (primary N) is 1. The van der Waals surface area contributed by atoms with Gasteiger partial charge in [-0.15, -0.1) is 16.4 Å². The molecule has 3 heterocycles. The molecule has 0 amide bonds. The van der Waals surface area contributed by atoms with Gasteiger partial charge in [-0.2, -0.15) is 0 Å². The molecule has 0 saturated carbocycles. The number of aromatic nitrogens is 4. The highest BCUT2D eigenvalue weighted by molar-refractivity contribution is 7.10. The fraction of sp³-hybridized carbons (Fsp3) is 0.348. The molecule has 4 rings (SSSR count). The molecule has 0 aliphatic heterocycles. The van der Waals surface area contributed by atoms with Gasteiger partial charge in [-0.05, 0) is 67.3 Å². The normalized spacial score (nSPS) is 15.1. The molecule has 4 aromatic rings. The Kier molecular flexibility index (Phi) is 5.58. The zero-order valence-corrected chi connectivity index (χ0v) is 18.5. The molecule has 156 valence electrons. The molecule has 1 aromatic carbocycles. The molecule has 0 saturated heterocycles. The van der Waals surface area contributed by atoms with Crippen molar-refractivity contribution < 1.29 is 4.42 Å². The minimum Gasteiger partial charge on any atom is -0.469 e. The van der Waals surface area contributed by atoms with E-state index in [4.69, 9.17) is 10.2 Å². The standard InChI is InChI=1S/C23H27N5OS/c1-15-9-11-16(12-10-15)19(22-25-26-27-28(22)23(2,3)4)20(17-7-5-13-29-17)21(24)18-8-6-14-30-18/h5-14,19-21H,24H2,1-4H3. The van der Waals surface area contributed by atoms with Gasteiger partial charge >= 0.3 is 0 Å². The Morgan fingerprint density at radius 1 is 1.07 bits per heavy atom. The number of furan rings is 1. The first-order chi connectivity index (χ1) is 14.4. The van der Waals surface area contributed by atoms with Crippen molar-refractivity contribution in [2.24, 2.45) is 5.73 Å². The lowest BCUT2D eigenvalue weighted by Gasteiger charge is -2.32. The van der Waals surface area contributed by atoms with Gasteiger partial charge in [0.1, 0.15) is 5.76 Å². The van der Waals surface area contributed by atoms with Crippen LogP contribution in [-0.4, -0.2) is 20.2 Å². The van der Waals surface area contributed by atoms with E-state index in [1.807, 2.05) is 22.9 Å². The number of hydrogen-bond acceptors (Lipinski definition) is 6. The summed E-state index contributed by atoms with van der Waals surface area (Å²) in [5.41, 5.74) is 8.91. The zero-order chi connectivity index (χ0) is 21.3. The molecular weight excluding hydrogens is 394 g/mol. The van der Waals surface area contributed by atoms with Gasteiger partial charge in [0.25, 0.3) is 0 Å². The van der Waals surface area contributed by atoms with E-state index in [1.165, 1.54) is 5.56 Å². The predicted octanol–water partition coefficient (Wildman–Crippen LogP) is 5.01. The fourth-order valence-electron chi connectivity index (χ4n) is 3.84. The highest BCUT2D eigenvalue weighted by atomic mass is 32.1. The first kappa shape index (κ1) is 20.5. The Bertz CT molecular complexity index is 1060. The average molecular weight is 422 g/mol. The van der Waals surface area contributed by atoms with Crippen LogP contribution in [0.2, 0.25) is 0 Å². The van der Waals surface area contributed by atoms with Gasteiger partial charge < -0.3 is 10.2 Å². The molecule has 0 fully saturated rings. The van der Waals surface area contributed by atoms with Crippen LogP contribution in [0.1, 0.15) is 66.2 Å². The first-order valence-corrected chi connectivity index (χ1v) is 10.9. The zero-order valence-electron chi connectivity index (χ0n) is 17.7. The largest absolute Gasteiger partial charge is 0.469 e. The van der Waals surface area contributed by atoms with Gasteiger partial charge in [0.05, 0.1) is 23.6 Å². The molecule has 7 heteroatoms. The van der Waals surface area contributed by atoms with Crippen molar-refractivity contribution >= 4 is 11.3 Å². The van der Waals surface area contributed by atoms with E-state index in [0.717, 1.165) is 22.0 Å². The second-order valence-corrected chi connectivity index (χ2v) is 9.57. The maximum atomic E-state index is 6.88. The lowest BCUT2D eigenvalue weighted by atomic mass is 9.78. The smallest absolute Gasteiger partial charge is 0.160 e. The van der Waals surface area contributed by atoms with Crippen LogP contribution in [0.4, 0.5) is 0 Å². The summed E-state index contributed by atoms with van der Waals surface area (Å²) in [4.78, 5) is 1.10. The van der Waals surface area contributed by atoms with E-state index in [9.17, 15) is 0 Å². The van der Waals surface area contributed by atoms with Crippen LogP contribution < -0.4 is 5.73 Å². The molecule has 0 aliphatic rings. The molecule has 3 aromatic heterocycles. The number of tetrazole rings is 1. The molecule has 6 nitrogen and oxygen atoms in total. The van der Waals surface area contributed by atoms with Crippen LogP contribution in [-0.2, 0) is 5.54 Å². The van der Waals surface area contributed by atoms with Gasteiger partial charge in [-0.1, -0.05) is 35.9 Å². The minimum atomic E-state index is -0.275. The summed E-state index contributed by atoms with van der Waals surface area (Å²) < 4.78 is 7.81. The quantitative estimate of drug-likeness (QED) is 0.473. The monoisotopic (exact) mass is 421 g/mol. The number of nitrogens with zero attached hydrogens (tertiary/aromatic N) is 4. The molecule has 0 bridgehead atoms. The predicted molar refractivity (Wildman–Crippen MR) is 119 cm³/mol. The Morgan fingerprint density at radius 2 is 1.83 bits per heavy atom. The van der Waals surface area contributed by atoms with E-state index in [0.29, 0.717) is 0 Å². The van der Waals surface area contributed by atoms with Gasteiger partial charge in [-0.3, -0.25) is 0 Å². The molecule has 0 radical (unpaired) electrons. The van der Waals surface area contributed by atoms with Crippen LogP contribution in [0, 0.1) is 6.92 Å². The second kappa shape index (κ2) is 8.16. The number of aryl methyl sites for hydroxylation is 1. The second-order valence-electron chi connectivity index (χ2n) is 8.59. The number of thiophene rings is 1. The molecule has 30 heavy (non-hydrogen) atoms. The molecule has 0 spiro atoms. The van der Waals surface area contributed by atoms with E-state index in [-0.39, 0.29) is 23.4 Å². The third-order valence-electron chi connectivity index (χ3n) is 5.33. The lowest BCUT2D eigenvalue weighted by molar-refractivity contribution is 0.314. The third-order valence-corrected chi connectivity index (χ3v) is 6.31. The summed E-state index contributed by atoms with van der Waals surface area (Å²) in [5, 5.41) is 14.9. The average Bonchev–Trinajstić information content (AvgIpc) is 3.48. The summed E-state index contributed by atoms with van der Waals surface area (Å²) in [6.07, 6.45) is 1.70. The highest BCUT2D eigenvalue weighted by Gasteiger charge is 2.39. The van der Waals surface area contributed by atoms with Crippen molar-refractivity contribution in [2.75, 3.05) is 0 Å². The molecule has 2 N–H and O–H groups in total. The third kappa shape index (κ3) is 3.95. The van der Waals surface area contributed by atoms with E-state index >= 15 is 0 Å². The minimum absolute atomic E-state index is 0.173. The maximum Gasteiger partial charge on any atom is 0.160 e. The topological polar surface area (TPSA) is 82.8 Å². The van der Waals surface area contributed by atoms with Crippen LogP contribution in [0.3, 0.4) is 0 Å². The van der Waals surface area contributed by atoms with Gasteiger partial charge in [0.15, 0.2) is 5.82 Å². The van der Waals surface area contributed by atoms with Crippen LogP contribution >= 0.6 is 11.3 Å². The van der Waals surface area contributed by atoms with Gasteiger partial charge in [0, 0.05) is 10.9 Å². The number of hydrogen-bond donors (Lipinski definition) is 1. The Labute approximate surface area is 180 Å². The Hall–Kier alpha value is -2.77. The molecule has 3 atom stereocenters. The van der Waals surface area contributed by atoms with Crippen molar-refractivity contribution in [3.8, 4) is 0 Å². The summed E-state index contributed by atoms with van der Waals surface area (Å²) in [6, 6.07) is 16.2. The van der Waals surface area contributed by atoms with Gasteiger partial charge in [0.2, 0.25) is 0 Å². The van der Waals surface area contributed by atoms with E-state index in [2.05, 4.69) is 78.9 Å².